The SMILES string of the molecule is O=C(CSc1cccc(NC(=O)c2ccc(Cl)cc2Cl)c1)Nc1ccc(Cl)cc1C(F)(F)F. The first kappa shape index (κ1) is 25.2. The Labute approximate surface area is 206 Å². The number of hydrogen-bond acceptors (Lipinski definition) is 3. The molecule has 0 bridgehead atoms. The molecule has 0 saturated carbocycles. The molecular weight excluding hydrogens is 520 g/mol. The van der Waals surface area contributed by atoms with Gasteiger partial charge in [0.15, 0.2) is 0 Å². The first-order chi connectivity index (χ1) is 15.5. The maximum Gasteiger partial charge on any atom is 0.418 e. The van der Waals surface area contributed by atoms with Gasteiger partial charge in [0, 0.05) is 20.6 Å². The van der Waals surface area contributed by atoms with Crippen molar-refractivity contribution in [3.63, 3.8) is 0 Å². The van der Waals surface area contributed by atoms with Crippen molar-refractivity contribution in [1.82, 2.24) is 0 Å². The summed E-state index contributed by atoms with van der Waals surface area (Å²) >= 11 is 18.6. The molecule has 172 valence electrons. The third-order valence-corrected chi connectivity index (χ3v) is 5.98. The van der Waals surface area contributed by atoms with Crippen LogP contribution in [0.4, 0.5) is 24.5 Å². The number of alkyl halides is 3. The zero-order valence-electron chi connectivity index (χ0n) is 16.5. The van der Waals surface area contributed by atoms with Gasteiger partial charge in [0.1, 0.15) is 0 Å². The molecule has 0 radical (unpaired) electrons. The second-order valence-corrected chi connectivity index (χ2v) is 8.96. The van der Waals surface area contributed by atoms with Crippen LogP contribution in [0, 0.1) is 0 Å². The third-order valence-electron chi connectivity index (χ3n) is 4.20. The van der Waals surface area contributed by atoms with Gasteiger partial charge in [-0.2, -0.15) is 13.2 Å². The van der Waals surface area contributed by atoms with E-state index in [-0.39, 0.29) is 27.0 Å². The summed E-state index contributed by atoms with van der Waals surface area (Å²) in [5.74, 6) is -1.23. The minimum absolute atomic E-state index is 0.0894. The van der Waals surface area contributed by atoms with E-state index in [9.17, 15) is 22.8 Å². The van der Waals surface area contributed by atoms with Crippen LogP contribution in [0.25, 0.3) is 0 Å². The second kappa shape index (κ2) is 10.7. The summed E-state index contributed by atoms with van der Waals surface area (Å²) in [6, 6.07) is 14.2. The predicted octanol–water partition coefficient (Wildman–Crippen LogP) is 7.65. The van der Waals surface area contributed by atoms with E-state index in [1.165, 1.54) is 24.3 Å². The van der Waals surface area contributed by atoms with Crippen molar-refractivity contribution in [2.45, 2.75) is 11.1 Å². The van der Waals surface area contributed by atoms with Gasteiger partial charge in [-0.1, -0.05) is 40.9 Å². The van der Waals surface area contributed by atoms with Gasteiger partial charge in [-0.3, -0.25) is 9.59 Å². The molecule has 0 saturated heterocycles. The molecule has 4 nitrogen and oxygen atoms in total. The smallest absolute Gasteiger partial charge is 0.325 e. The molecule has 0 spiro atoms. The number of benzene rings is 3. The van der Waals surface area contributed by atoms with Crippen molar-refractivity contribution >= 4 is 69.8 Å². The minimum Gasteiger partial charge on any atom is -0.325 e. The van der Waals surface area contributed by atoms with Crippen LogP contribution in [-0.4, -0.2) is 17.6 Å². The van der Waals surface area contributed by atoms with Crippen LogP contribution in [0.15, 0.2) is 65.6 Å². The number of anilines is 2. The van der Waals surface area contributed by atoms with Crippen LogP contribution in [-0.2, 0) is 11.0 Å². The molecule has 0 aromatic heterocycles. The number of halogens is 6. The quantitative estimate of drug-likeness (QED) is 0.320. The molecule has 0 aliphatic rings. The Hall–Kier alpha value is -2.39. The van der Waals surface area contributed by atoms with Gasteiger partial charge in [-0.15, -0.1) is 11.8 Å². The highest BCUT2D eigenvalue weighted by atomic mass is 35.5. The lowest BCUT2D eigenvalue weighted by Crippen LogP contribution is -2.18. The number of amides is 2. The van der Waals surface area contributed by atoms with Gasteiger partial charge in [0.05, 0.1) is 27.6 Å². The Balaban J connectivity index is 1.63. The van der Waals surface area contributed by atoms with E-state index in [0.29, 0.717) is 15.6 Å². The number of nitrogens with one attached hydrogen (secondary N) is 2. The third kappa shape index (κ3) is 7.04. The monoisotopic (exact) mass is 532 g/mol. The summed E-state index contributed by atoms with van der Waals surface area (Å²) in [4.78, 5) is 25.3. The number of carbonyl (C=O) groups is 2. The standard InChI is InChI=1S/C22H14Cl3F3N2O2S/c23-12-5-7-19(17(8-12)22(26,27)28)30-20(31)11-33-15-3-1-2-14(10-15)29-21(32)16-6-4-13(24)9-18(16)25/h1-10H,11H2,(H,29,32)(H,30,31). The van der Waals surface area contributed by atoms with E-state index in [0.717, 1.165) is 23.9 Å². The van der Waals surface area contributed by atoms with Crippen LogP contribution >= 0.6 is 46.6 Å². The largest absolute Gasteiger partial charge is 0.418 e. The van der Waals surface area contributed by atoms with E-state index < -0.39 is 23.6 Å². The average Bonchev–Trinajstić information content (AvgIpc) is 2.73. The lowest BCUT2D eigenvalue weighted by atomic mass is 10.1. The molecule has 2 amide bonds. The number of hydrogen-bond donors (Lipinski definition) is 2. The van der Waals surface area contributed by atoms with Gasteiger partial charge >= 0.3 is 6.18 Å². The maximum atomic E-state index is 13.2. The van der Waals surface area contributed by atoms with Crippen LogP contribution in [0.3, 0.4) is 0 Å². The second-order valence-electron chi connectivity index (χ2n) is 6.63. The highest BCUT2D eigenvalue weighted by Gasteiger charge is 2.34. The summed E-state index contributed by atoms with van der Waals surface area (Å²) in [7, 11) is 0. The number of rotatable bonds is 6. The minimum atomic E-state index is -4.67. The molecule has 0 unspecified atom stereocenters. The van der Waals surface area contributed by atoms with Gasteiger partial charge in [0.2, 0.25) is 5.91 Å². The highest BCUT2D eigenvalue weighted by molar-refractivity contribution is 8.00. The fraction of sp³-hybridized carbons (Fsp3) is 0.0909. The summed E-state index contributed by atoms with van der Waals surface area (Å²) in [5, 5.41) is 5.46. The Morgan fingerprint density at radius 2 is 1.58 bits per heavy atom. The van der Waals surface area contributed by atoms with Crippen molar-refractivity contribution in [1.29, 1.82) is 0 Å². The van der Waals surface area contributed by atoms with E-state index in [2.05, 4.69) is 10.6 Å². The van der Waals surface area contributed by atoms with Gasteiger partial charge in [0.25, 0.3) is 5.91 Å². The topological polar surface area (TPSA) is 58.2 Å². The maximum absolute atomic E-state index is 13.2. The van der Waals surface area contributed by atoms with Crippen molar-refractivity contribution in [3.8, 4) is 0 Å². The first-order valence-electron chi connectivity index (χ1n) is 9.19. The Morgan fingerprint density at radius 1 is 0.879 bits per heavy atom. The molecule has 2 N–H and O–H groups in total. The van der Waals surface area contributed by atoms with Crippen LogP contribution < -0.4 is 10.6 Å². The molecule has 0 atom stereocenters. The number of carbonyl (C=O) groups excluding carboxylic acids is 2. The fourth-order valence-electron chi connectivity index (χ4n) is 2.73. The van der Waals surface area contributed by atoms with Crippen LogP contribution in [0.2, 0.25) is 15.1 Å². The summed E-state index contributed by atoms with van der Waals surface area (Å²) in [6.07, 6.45) is -4.67. The zero-order chi connectivity index (χ0) is 24.2. The molecule has 33 heavy (non-hydrogen) atoms. The molecule has 3 aromatic rings. The van der Waals surface area contributed by atoms with Crippen molar-refractivity contribution in [2.24, 2.45) is 0 Å². The molecule has 0 aliphatic heterocycles. The normalized spacial score (nSPS) is 11.2. The molecule has 3 rings (SSSR count). The van der Waals surface area contributed by atoms with E-state index in [1.807, 2.05) is 0 Å². The Kier molecular flexibility index (Phi) is 8.18. The zero-order valence-corrected chi connectivity index (χ0v) is 19.6. The lowest BCUT2D eigenvalue weighted by Gasteiger charge is -2.14. The highest BCUT2D eigenvalue weighted by Crippen LogP contribution is 2.36. The van der Waals surface area contributed by atoms with Gasteiger partial charge < -0.3 is 10.6 Å². The van der Waals surface area contributed by atoms with Gasteiger partial charge in [-0.05, 0) is 54.6 Å². The Bertz CT molecular complexity index is 1210. The van der Waals surface area contributed by atoms with Crippen molar-refractivity contribution in [2.75, 3.05) is 16.4 Å². The van der Waals surface area contributed by atoms with Crippen LogP contribution in [0.5, 0.6) is 0 Å². The molecule has 0 aliphatic carbocycles. The Morgan fingerprint density at radius 3 is 2.27 bits per heavy atom. The van der Waals surface area contributed by atoms with Gasteiger partial charge in [-0.25, -0.2) is 0 Å². The predicted molar refractivity (Wildman–Crippen MR) is 127 cm³/mol. The molecule has 11 heteroatoms. The van der Waals surface area contributed by atoms with Crippen molar-refractivity contribution < 1.29 is 22.8 Å². The number of thioether (sulfide) groups is 1. The molecule has 3 aromatic carbocycles. The van der Waals surface area contributed by atoms with E-state index in [4.69, 9.17) is 34.8 Å². The molecule has 0 fully saturated rings. The summed E-state index contributed by atoms with van der Waals surface area (Å²) in [6.45, 7) is 0. The molecular formula is C22H14Cl3F3N2O2S. The lowest BCUT2D eigenvalue weighted by molar-refractivity contribution is -0.137. The van der Waals surface area contributed by atoms with Crippen LogP contribution in [0.1, 0.15) is 15.9 Å². The van der Waals surface area contributed by atoms with E-state index >= 15 is 0 Å². The first-order valence-corrected chi connectivity index (χ1v) is 11.3. The van der Waals surface area contributed by atoms with Crippen molar-refractivity contribution in [3.05, 3.63) is 86.9 Å². The van der Waals surface area contributed by atoms with E-state index in [1.54, 1.807) is 24.3 Å². The average molecular weight is 534 g/mol. The summed E-state index contributed by atoms with van der Waals surface area (Å²) < 4.78 is 39.5. The summed E-state index contributed by atoms with van der Waals surface area (Å²) in [5.41, 5.74) is -0.715. The fourth-order valence-corrected chi connectivity index (χ4v) is 4.15. The molecule has 0 heterocycles.